The third-order valence-electron chi connectivity index (χ3n) is 4.87. The Bertz CT molecular complexity index is 1170. The van der Waals surface area contributed by atoms with Crippen LogP contribution in [0.3, 0.4) is 0 Å². The van der Waals surface area contributed by atoms with Gasteiger partial charge in [0.25, 0.3) is 5.22 Å². The highest BCUT2D eigenvalue weighted by molar-refractivity contribution is 7.99. The smallest absolute Gasteiger partial charge is 0.277 e. The molecule has 0 amide bonds. The summed E-state index contributed by atoms with van der Waals surface area (Å²) >= 11 is 1.27. The first-order valence-electron chi connectivity index (χ1n) is 9.04. The van der Waals surface area contributed by atoms with Crippen LogP contribution in [0.5, 0.6) is 0 Å². The number of fused-ring (bicyclic) bond motifs is 3. The van der Waals surface area contributed by atoms with Crippen LogP contribution in [-0.4, -0.2) is 21.7 Å². The minimum absolute atomic E-state index is 0.0524. The van der Waals surface area contributed by atoms with Crippen molar-refractivity contribution in [1.29, 1.82) is 0 Å². The van der Waals surface area contributed by atoms with E-state index in [1.54, 1.807) is 0 Å². The molecule has 0 saturated carbocycles. The lowest BCUT2D eigenvalue weighted by molar-refractivity contribution is 0.102. The van der Waals surface area contributed by atoms with Crippen molar-refractivity contribution in [2.24, 2.45) is 0 Å². The summed E-state index contributed by atoms with van der Waals surface area (Å²) in [7, 11) is 0. The van der Waals surface area contributed by atoms with Crippen LogP contribution in [0.4, 0.5) is 0 Å². The number of hydrogen-bond donors (Lipinski definition) is 0. The van der Waals surface area contributed by atoms with Gasteiger partial charge in [-0.05, 0) is 46.9 Å². The van der Waals surface area contributed by atoms with Gasteiger partial charge in [0.15, 0.2) is 5.78 Å². The summed E-state index contributed by atoms with van der Waals surface area (Å²) in [5.74, 6) is 0.776. The Labute approximate surface area is 166 Å². The number of rotatable bonds is 5. The van der Waals surface area contributed by atoms with Gasteiger partial charge in [-0.25, -0.2) is 0 Å². The minimum atomic E-state index is 0.0524. The maximum absolute atomic E-state index is 12.7. The highest BCUT2D eigenvalue weighted by Gasteiger charge is 2.20. The predicted molar refractivity (Wildman–Crippen MR) is 109 cm³/mol. The minimum Gasteiger partial charge on any atom is -0.411 e. The number of aromatic nitrogens is 2. The third-order valence-corrected chi connectivity index (χ3v) is 5.69. The second kappa shape index (κ2) is 7.09. The molecule has 4 aromatic rings. The molecule has 0 saturated heterocycles. The van der Waals surface area contributed by atoms with Gasteiger partial charge in [-0.1, -0.05) is 66.4 Å². The molecule has 5 heteroatoms. The van der Waals surface area contributed by atoms with E-state index in [2.05, 4.69) is 34.5 Å². The summed E-state index contributed by atoms with van der Waals surface area (Å²) in [6.45, 7) is 0. The Morgan fingerprint density at radius 3 is 2.57 bits per heavy atom. The number of nitrogens with zero attached hydrogens (tertiary/aromatic N) is 2. The largest absolute Gasteiger partial charge is 0.411 e. The van der Waals surface area contributed by atoms with Crippen molar-refractivity contribution in [3.63, 3.8) is 0 Å². The van der Waals surface area contributed by atoms with Crippen molar-refractivity contribution in [1.82, 2.24) is 10.2 Å². The third kappa shape index (κ3) is 3.14. The van der Waals surface area contributed by atoms with E-state index in [4.69, 9.17) is 4.42 Å². The van der Waals surface area contributed by atoms with Crippen LogP contribution in [0.1, 0.15) is 21.5 Å². The molecule has 0 unspecified atom stereocenters. The van der Waals surface area contributed by atoms with Gasteiger partial charge in [0.2, 0.25) is 5.89 Å². The molecule has 0 atom stereocenters. The molecule has 0 bridgehead atoms. The average Bonchev–Trinajstić information content (AvgIpc) is 3.37. The van der Waals surface area contributed by atoms with E-state index < -0.39 is 0 Å². The lowest BCUT2D eigenvalue weighted by Gasteiger charge is -2.04. The average molecular weight is 384 g/mol. The first-order chi connectivity index (χ1) is 13.8. The molecule has 0 fully saturated rings. The number of thioether (sulfide) groups is 1. The maximum Gasteiger partial charge on any atom is 0.277 e. The molecule has 136 valence electrons. The van der Waals surface area contributed by atoms with Crippen molar-refractivity contribution in [3.05, 3.63) is 89.5 Å². The predicted octanol–water partition coefficient (Wildman–Crippen LogP) is 5.28. The van der Waals surface area contributed by atoms with Crippen molar-refractivity contribution >= 4 is 17.5 Å². The van der Waals surface area contributed by atoms with E-state index in [1.165, 1.54) is 28.5 Å². The number of ketones is 1. The monoisotopic (exact) mass is 384 g/mol. The normalized spacial score (nSPS) is 11.9. The molecule has 0 aliphatic heterocycles. The molecular weight excluding hydrogens is 368 g/mol. The number of hydrogen-bond acceptors (Lipinski definition) is 5. The van der Waals surface area contributed by atoms with Crippen molar-refractivity contribution in [2.75, 3.05) is 5.75 Å². The Balaban J connectivity index is 1.31. The second-order valence-corrected chi connectivity index (χ2v) is 7.58. The number of carbonyl (C=O) groups excluding carboxylic acids is 1. The molecule has 3 aromatic carbocycles. The maximum atomic E-state index is 12.7. The fraction of sp³-hybridized carbons (Fsp3) is 0.0870. The first-order valence-corrected chi connectivity index (χ1v) is 10.0. The Morgan fingerprint density at radius 2 is 1.68 bits per heavy atom. The van der Waals surface area contributed by atoms with Crippen LogP contribution >= 0.6 is 11.8 Å². The standard InChI is InChI=1S/C23H16N2O2S/c26-21(14-28-23-25-24-22(27-23)15-6-2-1-3-7-15)18-11-10-17-12-16-8-4-5-9-19(16)20(17)13-18/h1-11,13H,12,14H2. The zero-order valence-corrected chi connectivity index (χ0v) is 15.8. The van der Waals surface area contributed by atoms with E-state index in [0.717, 1.165) is 17.5 Å². The molecule has 1 aliphatic carbocycles. The molecule has 1 aliphatic rings. The number of benzene rings is 3. The first kappa shape index (κ1) is 17.0. The zero-order valence-electron chi connectivity index (χ0n) is 15.0. The van der Waals surface area contributed by atoms with Crippen molar-refractivity contribution in [2.45, 2.75) is 11.6 Å². The highest BCUT2D eigenvalue weighted by atomic mass is 32.2. The van der Waals surface area contributed by atoms with Gasteiger partial charge >= 0.3 is 0 Å². The summed E-state index contributed by atoms with van der Waals surface area (Å²) in [6, 6.07) is 23.9. The molecule has 5 rings (SSSR count). The van der Waals surface area contributed by atoms with Gasteiger partial charge in [-0.15, -0.1) is 10.2 Å². The van der Waals surface area contributed by atoms with Gasteiger partial charge in [0.1, 0.15) is 0 Å². The highest BCUT2D eigenvalue weighted by Crippen LogP contribution is 2.37. The molecule has 4 nitrogen and oxygen atoms in total. The summed E-state index contributed by atoms with van der Waals surface area (Å²) in [4.78, 5) is 12.7. The van der Waals surface area contributed by atoms with Gasteiger partial charge in [0, 0.05) is 11.1 Å². The zero-order chi connectivity index (χ0) is 18.9. The fourth-order valence-corrected chi connectivity index (χ4v) is 4.13. The Kier molecular flexibility index (Phi) is 4.29. The van der Waals surface area contributed by atoms with Crippen LogP contribution in [0, 0.1) is 0 Å². The van der Waals surface area contributed by atoms with Gasteiger partial charge in [-0.2, -0.15) is 0 Å². The molecule has 0 N–H and O–H groups in total. The van der Waals surface area contributed by atoms with Crippen LogP contribution in [0.25, 0.3) is 22.6 Å². The van der Waals surface area contributed by atoms with Gasteiger partial charge in [0.05, 0.1) is 5.75 Å². The lowest BCUT2D eigenvalue weighted by Crippen LogP contribution is -2.02. The molecule has 0 radical (unpaired) electrons. The summed E-state index contributed by atoms with van der Waals surface area (Å²) in [5, 5.41) is 8.50. The summed E-state index contributed by atoms with van der Waals surface area (Å²) < 4.78 is 5.66. The van der Waals surface area contributed by atoms with Crippen LogP contribution in [0.15, 0.2) is 82.4 Å². The van der Waals surface area contributed by atoms with Crippen molar-refractivity contribution < 1.29 is 9.21 Å². The van der Waals surface area contributed by atoms with Crippen LogP contribution in [-0.2, 0) is 6.42 Å². The van der Waals surface area contributed by atoms with E-state index >= 15 is 0 Å². The molecule has 0 spiro atoms. The van der Waals surface area contributed by atoms with E-state index in [-0.39, 0.29) is 11.5 Å². The number of Topliss-reactive ketones (excluding diaryl/α,β-unsaturated/α-hetero) is 1. The van der Waals surface area contributed by atoms with Crippen LogP contribution in [0.2, 0.25) is 0 Å². The quantitative estimate of drug-likeness (QED) is 0.305. The molecular formula is C23H16N2O2S. The number of carbonyl (C=O) groups is 1. The SMILES string of the molecule is O=C(CSc1nnc(-c2ccccc2)o1)c1ccc2c(c1)-c1ccccc1C2. The molecule has 1 heterocycles. The fourth-order valence-electron chi connectivity index (χ4n) is 3.47. The topological polar surface area (TPSA) is 56.0 Å². The second-order valence-electron chi connectivity index (χ2n) is 6.66. The Hall–Kier alpha value is -3.18. The van der Waals surface area contributed by atoms with Crippen LogP contribution < -0.4 is 0 Å². The van der Waals surface area contributed by atoms with E-state index in [1.807, 2.05) is 48.5 Å². The molecule has 28 heavy (non-hydrogen) atoms. The Morgan fingerprint density at radius 1 is 0.893 bits per heavy atom. The van der Waals surface area contributed by atoms with Crippen molar-refractivity contribution in [3.8, 4) is 22.6 Å². The van der Waals surface area contributed by atoms with E-state index in [0.29, 0.717) is 16.7 Å². The van der Waals surface area contributed by atoms with Gasteiger partial charge in [-0.3, -0.25) is 4.79 Å². The molecule has 1 aromatic heterocycles. The summed E-state index contributed by atoms with van der Waals surface area (Å²) in [6.07, 6.45) is 0.930. The van der Waals surface area contributed by atoms with Gasteiger partial charge < -0.3 is 4.42 Å². The lowest BCUT2D eigenvalue weighted by atomic mass is 10.0. The van der Waals surface area contributed by atoms with E-state index in [9.17, 15) is 4.79 Å². The summed E-state index contributed by atoms with van der Waals surface area (Å²) in [5.41, 5.74) is 6.56.